The second-order valence-corrected chi connectivity index (χ2v) is 4.53. The van der Waals surface area contributed by atoms with E-state index in [-0.39, 0.29) is 12.7 Å². The summed E-state index contributed by atoms with van der Waals surface area (Å²) >= 11 is 0. The molecule has 1 unspecified atom stereocenters. The number of nitrogens with one attached hydrogen (secondary N) is 1. The van der Waals surface area contributed by atoms with Crippen molar-refractivity contribution < 1.29 is 9.84 Å². The van der Waals surface area contributed by atoms with Gasteiger partial charge in [-0.1, -0.05) is 25.1 Å². The van der Waals surface area contributed by atoms with Gasteiger partial charge in [-0.25, -0.2) is 0 Å². The van der Waals surface area contributed by atoms with Crippen LogP contribution in [0.1, 0.15) is 12.5 Å². The first-order valence-corrected chi connectivity index (χ1v) is 6.61. The van der Waals surface area contributed by atoms with Crippen LogP contribution in [0.15, 0.2) is 24.3 Å². The van der Waals surface area contributed by atoms with E-state index < -0.39 is 0 Å². The molecule has 0 bridgehead atoms. The first kappa shape index (κ1) is 13.3. The zero-order chi connectivity index (χ0) is 12.8. The predicted octanol–water partition coefficient (Wildman–Crippen LogP) is 0.994. The van der Waals surface area contributed by atoms with Crippen molar-refractivity contribution in [1.29, 1.82) is 0 Å². The lowest BCUT2D eigenvalue weighted by molar-refractivity contribution is 0.00352. The molecule has 4 heteroatoms. The molecule has 1 aromatic carbocycles. The van der Waals surface area contributed by atoms with Gasteiger partial charge in [-0.15, -0.1) is 0 Å². The molecule has 0 aromatic heterocycles. The summed E-state index contributed by atoms with van der Waals surface area (Å²) in [5.74, 6) is 0. The third-order valence-electron chi connectivity index (χ3n) is 3.24. The third-order valence-corrected chi connectivity index (χ3v) is 3.24. The number of nitrogens with zero attached hydrogens (tertiary/aromatic N) is 1. The maximum atomic E-state index is 9.20. The van der Waals surface area contributed by atoms with Gasteiger partial charge in [0.15, 0.2) is 0 Å². The summed E-state index contributed by atoms with van der Waals surface area (Å²) in [7, 11) is 0. The van der Waals surface area contributed by atoms with Crippen molar-refractivity contribution in [2.45, 2.75) is 19.6 Å². The topological polar surface area (TPSA) is 44.7 Å². The minimum Gasteiger partial charge on any atom is -0.394 e. The summed E-state index contributed by atoms with van der Waals surface area (Å²) in [5, 5.41) is 12.6. The van der Waals surface area contributed by atoms with Crippen molar-refractivity contribution in [1.82, 2.24) is 5.32 Å². The van der Waals surface area contributed by atoms with Crippen molar-refractivity contribution in [3.8, 4) is 0 Å². The SMILES string of the molecule is CCNCc1ccccc1N1CCOC(CO)C1. The van der Waals surface area contributed by atoms with Crippen LogP contribution in [0.4, 0.5) is 5.69 Å². The van der Waals surface area contributed by atoms with Crippen molar-refractivity contribution in [2.24, 2.45) is 0 Å². The van der Waals surface area contributed by atoms with E-state index in [1.165, 1.54) is 11.3 Å². The summed E-state index contributed by atoms with van der Waals surface area (Å²) < 4.78 is 5.49. The van der Waals surface area contributed by atoms with Gasteiger partial charge >= 0.3 is 0 Å². The lowest BCUT2D eigenvalue weighted by atomic mass is 10.1. The molecule has 0 radical (unpaired) electrons. The Labute approximate surface area is 109 Å². The van der Waals surface area contributed by atoms with E-state index in [1.54, 1.807) is 0 Å². The molecule has 2 rings (SSSR count). The van der Waals surface area contributed by atoms with Gasteiger partial charge in [-0.05, 0) is 18.2 Å². The molecule has 0 spiro atoms. The summed E-state index contributed by atoms with van der Waals surface area (Å²) in [6.45, 7) is 6.38. The van der Waals surface area contributed by atoms with E-state index in [0.29, 0.717) is 6.61 Å². The lowest BCUT2D eigenvalue weighted by Crippen LogP contribution is -2.44. The number of hydrogen-bond donors (Lipinski definition) is 2. The Morgan fingerprint density at radius 1 is 1.44 bits per heavy atom. The van der Waals surface area contributed by atoms with Crippen molar-refractivity contribution in [2.75, 3.05) is 37.7 Å². The molecule has 100 valence electrons. The highest BCUT2D eigenvalue weighted by atomic mass is 16.5. The maximum Gasteiger partial charge on any atom is 0.0980 e. The summed E-state index contributed by atoms with van der Waals surface area (Å²) in [5.41, 5.74) is 2.55. The molecule has 18 heavy (non-hydrogen) atoms. The quantitative estimate of drug-likeness (QED) is 0.818. The number of hydrogen-bond acceptors (Lipinski definition) is 4. The standard InChI is InChI=1S/C14H22N2O2/c1-2-15-9-12-5-3-4-6-14(12)16-7-8-18-13(10-16)11-17/h3-6,13,15,17H,2,7-11H2,1H3. The maximum absolute atomic E-state index is 9.20. The average Bonchev–Trinajstić information content (AvgIpc) is 2.45. The highest BCUT2D eigenvalue weighted by Gasteiger charge is 2.21. The Morgan fingerprint density at radius 2 is 2.28 bits per heavy atom. The van der Waals surface area contributed by atoms with Crippen LogP contribution in [0.5, 0.6) is 0 Å². The van der Waals surface area contributed by atoms with E-state index in [4.69, 9.17) is 4.74 Å². The highest BCUT2D eigenvalue weighted by Crippen LogP contribution is 2.22. The minimum atomic E-state index is -0.0639. The molecule has 1 heterocycles. The summed E-state index contributed by atoms with van der Waals surface area (Å²) in [6, 6.07) is 8.43. The molecule has 1 aromatic rings. The Balaban J connectivity index is 2.11. The lowest BCUT2D eigenvalue weighted by Gasteiger charge is -2.35. The molecule has 1 fully saturated rings. The van der Waals surface area contributed by atoms with Crippen LogP contribution >= 0.6 is 0 Å². The van der Waals surface area contributed by atoms with Gasteiger partial charge in [-0.2, -0.15) is 0 Å². The smallest absolute Gasteiger partial charge is 0.0980 e. The molecule has 1 aliphatic rings. The number of aliphatic hydroxyl groups excluding tert-OH is 1. The zero-order valence-corrected chi connectivity index (χ0v) is 10.9. The molecule has 1 atom stereocenters. The number of aliphatic hydroxyl groups is 1. The van der Waals surface area contributed by atoms with Gasteiger partial charge in [0, 0.05) is 25.3 Å². The number of rotatable bonds is 5. The largest absolute Gasteiger partial charge is 0.394 e. The van der Waals surface area contributed by atoms with Crippen LogP contribution in [-0.2, 0) is 11.3 Å². The Bertz CT molecular complexity index is 371. The third kappa shape index (κ3) is 3.22. The fourth-order valence-electron chi connectivity index (χ4n) is 2.28. The van der Waals surface area contributed by atoms with Crippen LogP contribution in [0.2, 0.25) is 0 Å². The molecule has 2 N–H and O–H groups in total. The molecular weight excluding hydrogens is 228 g/mol. The number of morpholine rings is 1. The van der Waals surface area contributed by atoms with Crippen LogP contribution < -0.4 is 10.2 Å². The average molecular weight is 250 g/mol. The van der Waals surface area contributed by atoms with Gasteiger partial charge in [-0.3, -0.25) is 0 Å². The van der Waals surface area contributed by atoms with Gasteiger partial charge in [0.05, 0.1) is 19.3 Å². The van der Waals surface area contributed by atoms with E-state index in [1.807, 2.05) is 0 Å². The van der Waals surface area contributed by atoms with Crippen LogP contribution in [0.25, 0.3) is 0 Å². The Hall–Kier alpha value is -1.10. The van der Waals surface area contributed by atoms with E-state index >= 15 is 0 Å². The molecule has 1 aliphatic heterocycles. The molecule has 0 amide bonds. The van der Waals surface area contributed by atoms with E-state index in [2.05, 4.69) is 41.4 Å². The van der Waals surface area contributed by atoms with Crippen molar-refractivity contribution in [3.63, 3.8) is 0 Å². The molecule has 4 nitrogen and oxygen atoms in total. The van der Waals surface area contributed by atoms with E-state index in [9.17, 15) is 5.11 Å². The van der Waals surface area contributed by atoms with Crippen LogP contribution in [-0.4, -0.2) is 44.1 Å². The Morgan fingerprint density at radius 3 is 3.06 bits per heavy atom. The minimum absolute atomic E-state index is 0.0639. The number of para-hydroxylation sites is 1. The summed E-state index contributed by atoms with van der Waals surface area (Å²) in [6.07, 6.45) is -0.0639. The van der Waals surface area contributed by atoms with Gasteiger partial charge in [0.1, 0.15) is 0 Å². The monoisotopic (exact) mass is 250 g/mol. The first-order valence-electron chi connectivity index (χ1n) is 6.61. The number of benzene rings is 1. The number of anilines is 1. The van der Waals surface area contributed by atoms with Crippen LogP contribution in [0, 0.1) is 0 Å². The highest BCUT2D eigenvalue weighted by molar-refractivity contribution is 5.54. The molecule has 0 aliphatic carbocycles. The second kappa shape index (κ2) is 6.73. The Kier molecular flexibility index (Phi) is 4.99. The van der Waals surface area contributed by atoms with E-state index in [0.717, 1.165) is 26.2 Å². The zero-order valence-electron chi connectivity index (χ0n) is 10.9. The summed E-state index contributed by atoms with van der Waals surface area (Å²) in [4.78, 5) is 2.30. The molecule has 1 saturated heterocycles. The van der Waals surface area contributed by atoms with Crippen molar-refractivity contribution >= 4 is 5.69 Å². The normalized spacial score (nSPS) is 20.1. The van der Waals surface area contributed by atoms with Crippen LogP contribution in [0.3, 0.4) is 0 Å². The fraction of sp³-hybridized carbons (Fsp3) is 0.571. The fourth-order valence-corrected chi connectivity index (χ4v) is 2.28. The second-order valence-electron chi connectivity index (χ2n) is 4.53. The predicted molar refractivity (Wildman–Crippen MR) is 72.9 cm³/mol. The van der Waals surface area contributed by atoms with Gasteiger partial charge in [0.25, 0.3) is 0 Å². The molecule has 0 saturated carbocycles. The van der Waals surface area contributed by atoms with Gasteiger partial charge in [0.2, 0.25) is 0 Å². The number of ether oxygens (including phenoxy) is 1. The van der Waals surface area contributed by atoms with Crippen molar-refractivity contribution in [3.05, 3.63) is 29.8 Å². The molecular formula is C14H22N2O2. The van der Waals surface area contributed by atoms with Gasteiger partial charge < -0.3 is 20.1 Å². The first-order chi connectivity index (χ1) is 8.85.